The summed E-state index contributed by atoms with van der Waals surface area (Å²) in [6, 6.07) is 10.8. The number of benzene rings is 1. The van der Waals surface area contributed by atoms with Crippen molar-refractivity contribution >= 4 is 21.4 Å². The highest BCUT2D eigenvalue weighted by atomic mass is 32.2. The van der Waals surface area contributed by atoms with Gasteiger partial charge in [-0.2, -0.15) is 8.42 Å². The summed E-state index contributed by atoms with van der Waals surface area (Å²) in [5.41, 5.74) is 2.05. The number of nitrogens with one attached hydrogen (secondary N) is 1. The van der Waals surface area contributed by atoms with Crippen LogP contribution < -0.4 is 9.62 Å². The van der Waals surface area contributed by atoms with Crippen LogP contribution in [0.4, 0.5) is 11.4 Å². The Bertz CT molecular complexity index is 729. The summed E-state index contributed by atoms with van der Waals surface area (Å²) >= 11 is 0. The molecular weight excluding hydrogens is 286 g/mol. The summed E-state index contributed by atoms with van der Waals surface area (Å²) in [5.74, 6) is 0. The molecule has 1 heterocycles. The highest BCUT2D eigenvalue weighted by Crippen LogP contribution is 2.27. The minimum Gasteiger partial charge on any atom is -0.383 e. The fourth-order valence-corrected chi connectivity index (χ4v) is 3.43. The van der Waals surface area contributed by atoms with Gasteiger partial charge in [-0.25, -0.2) is 4.98 Å². The highest BCUT2D eigenvalue weighted by molar-refractivity contribution is 7.92. The monoisotopic (exact) mass is 305 g/mol. The Balaban J connectivity index is 2.50. The molecule has 1 N–H and O–H groups in total. The van der Waals surface area contributed by atoms with Crippen molar-refractivity contribution in [3.05, 3.63) is 48.2 Å². The van der Waals surface area contributed by atoms with Crippen molar-refractivity contribution < 1.29 is 8.42 Å². The smallest absolute Gasteiger partial charge is 0.283 e. The van der Waals surface area contributed by atoms with Crippen LogP contribution in [0.15, 0.2) is 47.6 Å². The minimum absolute atomic E-state index is 0.0394. The van der Waals surface area contributed by atoms with Crippen molar-refractivity contribution in [2.45, 2.75) is 18.9 Å². The number of anilines is 2. The molecule has 1 aromatic heterocycles. The third-order valence-corrected chi connectivity index (χ3v) is 4.93. The van der Waals surface area contributed by atoms with Crippen LogP contribution in [0, 0.1) is 6.92 Å². The number of pyridine rings is 1. The van der Waals surface area contributed by atoms with Crippen molar-refractivity contribution in [3.8, 4) is 0 Å². The predicted molar refractivity (Wildman–Crippen MR) is 85.2 cm³/mol. The molecule has 21 heavy (non-hydrogen) atoms. The van der Waals surface area contributed by atoms with Gasteiger partial charge in [-0.3, -0.25) is 4.31 Å². The molecule has 0 saturated carbocycles. The van der Waals surface area contributed by atoms with Crippen LogP contribution in [0.1, 0.15) is 12.5 Å². The van der Waals surface area contributed by atoms with Gasteiger partial charge < -0.3 is 5.32 Å². The Kier molecular flexibility index (Phi) is 4.47. The normalized spacial score (nSPS) is 11.2. The van der Waals surface area contributed by atoms with Crippen molar-refractivity contribution in [3.63, 3.8) is 0 Å². The molecule has 0 saturated heterocycles. The maximum Gasteiger partial charge on any atom is 0.283 e. The zero-order valence-corrected chi connectivity index (χ0v) is 13.2. The molecule has 2 aromatic rings. The van der Waals surface area contributed by atoms with Gasteiger partial charge in [0.15, 0.2) is 5.03 Å². The van der Waals surface area contributed by atoms with Crippen molar-refractivity contribution in [2.24, 2.45) is 0 Å². The molecule has 5 nitrogen and oxygen atoms in total. The number of rotatable bonds is 5. The van der Waals surface area contributed by atoms with Gasteiger partial charge >= 0.3 is 0 Å². The van der Waals surface area contributed by atoms with E-state index in [0.717, 1.165) is 5.56 Å². The van der Waals surface area contributed by atoms with Gasteiger partial charge in [0, 0.05) is 19.8 Å². The molecule has 6 heteroatoms. The molecule has 0 atom stereocenters. The van der Waals surface area contributed by atoms with Crippen LogP contribution in [-0.2, 0) is 10.0 Å². The lowest BCUT2D eigenvalue weighted by atomic mass is 10.2. The molecule has 0 radical (unpaired) electrons. The Morgan fingerprint density at radius 3 is 2.57 bits per heavy atom. The average Bonchev–Trinajstić information content (AvgIpc) is 2.48. The number of sulfonamides is 1. The molecule has 0 aliphatic heterocycles. The number of hydrogen-bond donors (Lipinski definition) is 1. The first-order valence-electron chi connectivity index (χ1n) is 6.72. The molecule has 0 fully saturated rings. The summed E-state index contributed by atoms with van der Waals surface area (Å²) in [7, 11) is -2.16. The third-order valence-electron chi connectivity index (χ3n) is 3.20. The summed E-state index contributed by atoms with van der Waals surface area (Å²) in [5, 5.41) is 3.07. The van der Waals surface area contributed by atoms with Crippen LogP contribution in [0.5, 0.6) is 0 Å². The van der Waals surface area contributed by atoms with Crippen molar-refractivity contribution in [1.29, 1.82) is 0 Å². The molecule has 0 unspecified atom stereocenters. The number of hydrogen-bond acceptors (Lipinski definition) is 4. The first kappa shape index (κ1) is 15.3. The standard InChI is InChI=1S/C15H19N3O2S/c1-4-16-13-9-7-11-17-15(13)21(19,20)18(3)14-10-6-5-8-12(14)2/h5-11,16H,4H2,1-3H3. The molecule has 0 bridgehead atoms. The average molecular weight is 305 g/mol. The Morgan fingerprint density at radius 2 is 1.90 bits per heavy atom. The van der Waals surface area contributed by atoms with Gasteiger partial charge in [0.2, 0.25) is 0 Å². The maximum absolute atomic E-state index is 12.8. The van der Waals surface area contributed by atoms with E-state index in [1.165, 1.54) is 10.5 Å². The van der Waals surface area contributed by atoms with E-state index in [-0.39, 0.29) is 5.03 Å². The van der Waals surface area contributed by atoms with E-state index in [9.17, 15) is 8.42 Å². The van der Waals surface area contributed by atoms with Gasteiger partial charge in [-0.15, -0.1) is 0 Å². The van der Waals surface area contributed by atoms with E-state index in [0.29, 0.717) is 17.9 Å². The number of nitrogens with zero attached hydrogens (tertiary/aromatic N) is 2. The second-order valence-corrected chi connectivity index (χ2v) is 6.53. The Labute approximate surface area is 125 Å². The number of aromatic nitrogens is 1. The van der Waals surface area contributed by atoms with Crippen LogP contribution in [0.2, 0.25) is 0 Å². The quantitative estimate of drug-likeness (QED) is 0.922. The second kappa shape index (κ2) is 6.13. The summed E-state index contributed by atoms with van der Waals surface area (Å²) in [6.07, 6.45) is 1.49. The fourth-order valence-electron chi connectivity index (χ4n) is 2.10. The molecule has 112 valence electrons. The number of para-hydroxylation sites is 1. The van der Waals surface area contributed by atoms with Gasteiger partial charge in [-0.05, 0) is 37.6 Å². The molecule has 0 aliphatic rings. The lowest BCUT2D eigenvalue weighted by molar-refractivity contribution is 0.591. The fraction of sp³-hybridized carbons (Fsp3) is 0.267. The van der Waals surface area contributed by atoms with Crippen LogP contribution >= 0.6 is 0 Å². The van der Waals surface area contributed by atoms with Crippen LogP contribution in [0.3, 0.4) is 0 Å². The van der Waals surface area contributed by atoms with E-state index >= 15 is 0 Å². The van der Waals surface area contributed by atoms with E-state index in [4.69, 9.17) is 0 Å². The van der Waals surface area contributed by atoms with E-state index in [1.54, 1.807) is 25.2 Å². The topological polar surface area (TPSA) is 62.3 Å². The van der Waals surface area contributed by atoms with Gasteiger partial charge in [0.1, 0.15) is 0 Å². The molecule has 0 amide bonds. The summed E-state index contributed by atoms with van der Waals surface area (Å²) in [6.45, 7) is 4.42. The highest BCUT2D eigenvalue weighted by Gasteiger charge is 2.26. The van der Waals surface area contributed by atoms with Crippen molar-refractivity contribution in [1.82, 2.24) is 4.98 Å². The summed E-state index contributed by atoms with van der Waals surface area (Å²) < 4.78 is 26.9. The summed E-state index contributed by atoms with van der Waals surface area (Å²) in [4.78, 5) is 4.05. The predicted octanol–water partition coefficient (Wildman–Crippen LogP) is 2.65. The molecule has 2 rings (SSSR count). The first-order valence-corrected chi connectivity index (χ1v) is 8.16. The van der Waals surface area contributed by atoms with Gasteiger partial charge in [0.05, 0.1) is 11.4 Å². The maximum atomic E-state index is 12.8. The van der Waals surface area contributed by atoms with E-state index < -0.39 is 10.0 Å². The van der Waals surface area contributed by atoms with Crippen molar-refractivity contribution in [2.75, 3.05) is 23.2 Å². The van der Waals surface area contributed by atoms with E-state index in [2.05, 4.69) is 10.3 Å². The lowest BCUT2D eigenvalue weighted by Crippen LogP contribution is -2.28. The SMILES string of the molecule is CCNc1cccnc1S(=O)(=O)N(C)c1ccccc1C. The Hall–Kier alpha value is -2.08. The molecule has 1 aromatic carbocycles. The zero-order valence-electron chi connectivity index (χ0n) is 12.4. The second-order valence-electron chi connectivity index (χ2n) is 4.65. The third kappa shape index (κ3) is 3.00. The van der Waals surface area contributed by atoms with Crippen LogP contribution in [-0.4, -0.2) is 27.0 Å². The van der Waals surface area contributed by atoms with E-state index in [1.807, 2.05) is 32.0 Å². The lowest BCUT2D eigenvalue weighted by Gasteiger charge is -2.22. The molecule has 0 spiro atoms. The number of aryl methyl sites for hydroxylation is 1. The van der Waals surface area contributed by atoms with Gasteiger partial charge in [0.25, 0.3) is 10.0 Å². The zero-order chi connectivity index (χ0) is 15.5. The Morgan fingerprint density at radius 1 is 1.19 bits per heavy atom. The van der Waals surface area contributed by atoms with Gasteiger partial charge in [-0.1, -0.05) is 18.2 Å². The molecule has 0 aliphatic carbocycles. The first-order chi connectivity index (χ1) is 9.98. The molecular formula is C15H19N3O2S. The largest absolute Gasteiger partial charge is 0.383 e. The minimum atomic E-state index is -3.71. The van der Waals surface area contributed by atoms with Crippen LogP contribution in [0.25, 0.3) is 0 Å².